The number of rotatable bonds is 5. The van der Waals surface area contributed by atoms with E-state index in [2.05, 4.69) is 32.0 Å². The van der Waals surface area contributed by atoms with E-state index >= 15 is 0 Å². The molecule has 0 aliphatic rings. The van der Waals surface area contributed by atoms with Gasteiger partial charge in [-0.05, 0) is 6.92 Å². The summed E-state index contributed by atoms with van der Waals surface area (Å²) in [5.41, 5.74) is 1.18. The molecule has 0 radical (unpaired) electrons. The Bertz CT molecular complexity index is 422. The fourth-order valence-corrected chi connectivity index (χ4v) is 1.48. The molecular formula is C10H15N5O. The lowest BCUT2D eigenvalue weighted by molar-refractivity contribution is 0.408. The number of aromatic nitrogens is 4. The van der Waals surface area contributed by atoms with Crippen molar-refractivity contribution in [3.63, 3.8) is 0 Å². The monoisotopic (exact) mass is 221 g/mol. The van der Waals surface area contributed by atoms with E-state index in [0.29, 0.717) is 0 Å². The minimum Gasteiger partial charge on any atom is -0.343 e. The second-order valence-electron chi connectivity index (χ2n) is 3.72. The molecule has 1 atom stereocenters. The van der Waals surface area contributed by atoms with Crippen molar-refractivity contribution in [2.75, 3.05) is 6.54 Å². The summed E-state index contributed by atoms with van der Waals surface area (Å²) < 4.78 is 6.46. The highest BCUT2D eigenvalue weighted by molar-refractivity contribution is 5.08. The van der Waals surface area contributed by atoms with Crippen LogP contribution in [0.25, 0.3) is 0 Å². The summed E-state index contributed by atoms with van der Waals surface area (Å²) in [7, 11) is 1.91. The van der Waals surface area contributed by atoms with Crippen LogP contribution < -0.4 is 5.32 Å². The maximum atomic E-state index is 4.66. The zero-order valence-electron chi connectivity index (χ0n) is 9.42. The maximum Gasteiger partial charge on any atom is 0.213 e. The highest BCUT2D eigenvalue weighted by Gasteiger charge is 2.07. The Balaban J connectivity index is 1.78. The molecule has 0 saturated carbocycles. The molecule has 6 heteroatoms. The van der Waals surface area contributed by atoms with Gasteiger partial charge in [-0.15, -0.1) is 0 Å². The molecule has 2 aromatic rings. The first-order valence-corrected chi connectivity index (χ1v) is 5.23. The summed E-state index contributed by atoms with van der Waals surface area (Å²) in [6.07, 6.45) is 5.99. The highest BCUT2D eigenvalue weighted by atomic mass is 16.5. The summed E-state index contributed by atoms with van der Waals surface area (Å²) in [5, 5.41) is 11.3. The third-order valence-corrected chi connectivity index (χ3v) is 2.43. The van der Waals surface area contributed by atoms with Gasteiger partial charge in [-0.3, -0.25) is 4.68 Å². The zero-order valence-corrected chi connectivity index (χ0v) is 9.42. The Morgan fingerprint density at radius 1 is 1.56 bits per heavy atom. The summed E-state index contributed by atoms with van der Waals surface area (Å²) in [4.78, 5) is 3.96. The van der Waals surface area contributed by atoms with Crippen molar-refractivity contribution in [1.82, 2.24) is 25.2 Å². The molecule has 2 heterocycles. The first kappa shape index (κ1) is 10.8. The predicted octanol–water partition coefficient (Wildman–Crippen LogP) is 0.696. The molecule has 6 nitrogen and oxygen atoms in total. The van der Waals surface area contributed by atoms with Gasteiger partial charge in [-0.25, -0.2) is 0 Å². The molecule has 2 aromatic heterocycles. The molecule has 0 aliphatic heterocycles. The number of nitrogens with one attached hydrogen (secondary N) is 1. The second kappa shape index (κ2) is 4.89. The van der Waals surface area contributed by atoms with Crippen molar-refractivity contribution in [2.24, 2.45) is 7.05 Å². The second-order valence-corrected chi connectivity index (χ2v) is 3.72. The predicted molar refractivity (Wildman–Crippen MR) is 57.6 cm³/mol. The lowest BCUT2D eigenvalue weighted by atomic mass is 10.2. The molecule has 0 spiro atoms. The van der Waals surface area contributed by atoms with Gasteiger partial charge in [0.15, 0.2) is 5.82 Å². The molecule has 0 aliphatic carbocycles. The van der Waals surface area contributed by atoms with E-state index in [1.807, 2.05) is 19.4 Å². The van der Waals surface area contributed by atoms with Crippen LogP contribution in [0.1, 0.15) is 24.4 Å². The molecule has 1 N–H and O–H groups in total. The molecule has 0 bridgehead atoms. The van der Waals surface area contributed by atoms with E-state index in [4.69, 9.17) is 0 Å². The lowest BCUT2D eigenvalue weighted by Gasteiger charge is -2.10. The number of aryl methyl sites for hydroxylation is 1. The van der Waals surface area contributed by atoms with E-state index < -0.39 is 0 Å². The first-order valence-electron chi connectivity index (χ1n) is 5.23. The van der Waals surface area contributed by atoms with Crippen molar-refractivity contribution >= 4 is 0 Å². The molecule has 0 aromatic carbocycles. The van der Waals surface area contributed by atoms with Crippen molar-refractivity contribution < 1.29 is 4.52 Å². The molecule has 0 fully saturated rings. The normalized spacial score (nSPS) is 12.9. The largest absolute Gasteiger partial charge is 0.343 e. The average Bonchev–Trinajstić information content (AvgIpc) is 2.89. The SMILES string of the molecule is CC(NCCc1ncon1)c1cnn(C)c1. The quantitative estimate of drug-likeness (QED) is 0.804. The fourth-order valence-electron chi connectivity index (χ4n) is 1.48. The number of hydrogen-bond donors (Lipinski definition) is 1. The van der Waals surface area contributed by atoms with Gasteiger partial charge in [0.1, 0.15) is 0 Å². The van der Waals surface area contributed by atoms with E-state index in [1.165, 1.54) is 12.0 Å². The molecule has 1 unspecified atom stereocenters. The van der Waals surface area contributed by atoms with Crippen LogP contribution in [0.4, 0.5) is 0 Å². The summed E-state index contributed by atoms with van der Waals surface area (Å²) >= 11 is 0. The topological polar surface area (TPSA) is 68.8 Å². The minimum atomic E-state index is 0.278. The van der Waals surface area contributed by atoms with Gasteiger partial charge in [-0.1, -0.05) is 5.16 Å². The zero-order chi connectivity index (χ0) is 11.4. The van der Waals surface area contributed by atoms with E-state index in [0.717, 1.165) is 18.8 Å². The Kier molecular flexibility index (Phi) is 3.31. The van der Waals surface area contributed by atoms with Gasteiger partial charge in [-0.2, -0.15) is 10.1 Å². The van der Waals surface area contributed by atoms with Crippen molar-refractivity contribution in [1.29, 1.82) is 0 Å². The molecule has 16 heavy (non-hydrogen) atoms. The average molecular weight is 221 g/mol. The third kappa shape index (κ3) is 2.66. The van der Waals surface area contributed by atoms with Crippen LogP contribution in [0, 0.1) is 0 Å². The van der Waals surface area contributed by atoms with Crippen LogP contribution in [0.3, 0.4) is 0 Å². The van der Waals surface area contributed by atoms with Crippen LogP contribution in [-0.4, -0.2) is 26.5 Å². The fraction of sp³-hybridized carbons (Fsp3) is 0.500. The maximum absolute atomic E-state index is 4.66. The van der Waals surface area contributed by atoms with Crippen molar-refractivity contribution in [3.05, 3.63) is 30.2 Å². The van der Waals surface area contributed by atoms with Crippen LogP contribution in [0.2, 0.25) is 0 Å². The highest BCUT2D eigenvalue weighted by Crippen LogP contribution is 2.09. The van der Waals surface area contributed by atoms with Crippen LogP contribution >= 0.6 is 0 Å². The van der Waals surface area contributed by atoms with Crippen LogP contribution in [0.5, 0.6) is 0 Å². The molecule has 2 rings (SSSR count). The van der Waals surface area contributed by atoms with Gasteiger partial charge >= 0.3 is 0 Å². The summed E-state index contributed by atoms with van der Waals surface area (Å²) in [6, 6.07) is 0.278. The Morgan fingerprint density at radius 2 is 2.44 bits per heavy atom. The van der Waals surface area contributed by atoms with Gasteiger partial charge in [0.25, 0.3) is 0 Å². The Morgan fingerprint density at radius 3 is 3.06 bits per heavy atom. The van der Waals surface area contributed by atoms with Crippen molar-refractivity contribution in [3.8, 4) is 0 Å². The van der Waals surface area contributed by atoms with Crippen LogP contribution in [-0.2, 0) is 13.5 Å². The molecule has 0 saturated heterocycles. The van der Waals surface area contributed by atoms with Gasteiger partial charge in [0, 0.05) is 37.8 Å². The standard InChI is InChI=1S/C10H15N5O/c1-8(9-5-13-15(2)6-9)11-4-3-10-12-7-16-14-10/h5-8,11H,3-4H2,1-2H3. The van der Waals surface area contributed by atoms with Gasteiger partial charge in [0.05, 0.1) is 6.20 Å². The third-order valence-electron chi connectivity index (χ3n) is 2.43. The van der Waals surface area contributed by atoms with E-state index in [-0.39, 0.29) is 6.04 Å². The Labute approximate surface area is 93.7 Å². The van der Waals surface area contributed by atoms with E-state index in [9.17, 15) is 0 Å². The molecular weight excluding hydrogens is 206 g/mol. The summed E-state index contributed by atoms with van der Waals surface area (Å²) in [5.74, 6) is 0.728. The Hall–Kier alpha value is -1.69. The lowest BCUT2D eigenvalue weighted by Crippen LogP contribution is -2.21. The summed E-state index contributed by atoms with van der Waals surface area (Å²) in [6.45, 7) is 2.92. The van der Waals surface area contributed by atoms with Gasteiger partial charge < -0.3 is 9.84 Å². The smallest absolute Gasteiger partial charge is 0.213 e. The van der Waals surface area contributed by atoms with Gasteiger partial charge in [0.2, 0.25) is 6.39 Å². The molecule has 86 valence electrons. The van der Waals surface area contributed by atoms with Crippen molar-refractivity contribution in [2.45, 2.75) is 19.4 Å². The number of nitrogens with zero attached hydrogens (tertiary/aromatic N) is 4. The molecule has 0 amide bonds. The minimum absolute atomic E-state index is 0.278. The van der Waals surface area contributed by atoms with E-state index in [1.54, 1.807) is 4.68 Å². The first-order chi connectivity index (χ1) is 7.75. The number of hydrogen-bond acceptors (Lipinski definition) is 5. The van der Waals surface area contributed by atoms with Crippen LogP contribution in [0.15, 0.2) is 23.3 Å².